The molecule has 1 N–H and O–H groups in total. The molecule has 0 saturated carbocycles. The molecule has 1 aromatic carbocycles. The van der Waals surface area contributed by atoms with Crippen LogP contribution in [0.4, 0.5) is 0 Å². The normalized spacial score (nSPS) is 10.6. The zero-order valence-electron chi connectivity index (χ0n) is 10.2. The molecule has 3 aromatic rings. The molecule has 0 saturated heterocycles. The number of hydrogen-bond donors (Lipinski definition) is 1. The van der Waals surface area contributed by atoms with Crippen molar-refractivity contribution in [2.75, 3.05) is 7.11 Å². The summed E-state index contributed by atoms with van der Waals surface area (Å²) in [6, 6.07) is 8.83. The third kappa shape index (κ3) is 2.06. The van der Waals surface area contributed by atoms with Gasteiger partial charge in [-0.05, 0) is 30.3 Å². The Kier molecular flexibility index (Phi) is 2.72. The molecule has 0 amide bonds. The average Bonchev–Trinajstić information content (AvgIpc) is 2.47. The molecular formula is C14H11N3O2. The number of aromatic nitrogens is 3. The van der Waals surface area contributed by atoms with Crippen LogP contribution in [0.15, 0.2) is 42.7 Å². The Bertz CT molecular complexity index is 744. The molecule has 2 aromatic heterocycles. The highest BCUT2D eigenvalue weighted by atomic mass is 16.5. The molecule has 0 aliphatic heterocycles. The van der Waals surface area contributed by atoms with E-state index in [4.69, 9.17) is 4.74 Å². The van der Waals surface area contributed by atoms with E-state index in [-0.39, 0.29) is 5.75 Å². The van der Waals surface area contributed by atoms with Crippen LogP contribution in [-0.4, -0.2) is 27.2 Å². The number of aromatic hydroxyl groups is 1. The van der Waals surface area contributed by atoms with Gasteiger partial charge in [-0.15, -0.1) is 0 Å². The van der Waals surface area contributed by atoms with E-state index < -0.39 is 0 Å². The van der Waals surface area contributed by atoms with Crippen molar-refractivity contribution >= 4 is 11.2 Å². The summed E-state index contributed by atoms with van der Waals surface area (Å²) < 4.78 is 5.09. The Balaban J connectivity index is 2.13. The standard InChI is InChI=1S/C14H11N3O2/c1-19-13-8-9(2-5-12(13)18)10-3-4-11-14(17-10)16-7-6-15-11/h2-8,18H,1H3. The number of methoxy groups -OCH3 is 1. The first-order chi connectivity index (χ1) is 9.28. The number of phenols is 1. The van der Waals surface area contributed by atoms with Crippen molar-refractivity contribution < 1.29 is 9.84 Å². The number of nitrogens with zero attached hydrogens (tertiary/aromatic N) is 3. The van der Waals surface area contributed by atoms with Gasteiger partial charge in [0, 0.05) is 18.0 Å². The van der Waals surface area contributed by atoms with Gasteiger partial charge in [-0.25, -0.2) is 9.97 Å². The molecule has 0 aliphatic rings. The van der Waals surface area contributed by atoms with Crippen LogP contribution in [0.1, 0.15) is 0 Å². The summed E-state index contributed by atoms with van der Waals surface area (Å²) in [6.07, 6.45) is 3.24. The molecule has 0 aliphatic carbocycles. The zero-order valence-corrected chi connectivity index (χ0v) is 10.2. The first-order valence-corrected chi connectivity index (χ1v) is 5.73. The fraction of sp³-hybridized carbons (Fsp3) is 0.0714. The second kappa shape index (κ2) is 4.53. The molecule has 19 heavy (non-hydrogen) atoms. The first kappa shape index (κ1) is 11.4. The van der Waals surface area contributed by atoms with Crippen LogP contribution in [0.25, 0.3) is 22.4 Å². The van der Waals surface area contributed by atoms with E-state index in [0.29, 0.717) is 11.4 Å². The number of benzene rings is 1. The molecule has 0 unspecified atom stereocenters. The van der Waals surface area contributed by atoms with E-state index in [1.807, 2.05) is 12.1 Å². The second-order valence-electron chi connectivity index (χ2n) is 3.98. The van der Waals surface area contributed by atoms with E-state index in [9.17, 15) is 5.11 Å². The topological polar surface area (TPSA) is 68.1 Å². The van der Waals surface area contributed by atoms with Gasteiger partial charge in [0.1, 0.15) is 5.52 Å². The molecule has 5 nitrogen and oxygen atoms in total. The molecule has 0 spiro atoms. The van der Waals surface area contributed by atoms with Crippen LogP contribution in [0, 0.1) is 0 Å². The van der Waals surface area contributed by atoms with Crippen molar-refractivity contribution in [3.8, 4) is 22.8 Å². The maximum atomic E-state index is 9.59. The SMILES string of the molecule is COc1cc(-c2ccc3nccnc3n2)ccc1O. The number of pyridine rings is 1. The van der Waals surface area contributed by atoms with Gasteiger partial charge in [-0.1, -0.05) is 0 Å². The van der Waals surface area contributed by atoms with Crippen LogP contribution in [0.2, 0.25) is 0 Å². The van der Waals surface area contributed by atoms with E-state index in [0.717, 1.165) is 16.8 Å². The first-order valence-electron chi connectivity index (χ1n) is 5.73. The van der Waals surface area contributed by atoms with Gasteiger partial charge in [0.25, 0.3) is 0 Å². The Hall–Kier alpha value is -2.69. The molecule has 0 atom stereocenters. The lowest BCUT2D eigenvalue weighted by Crippen LogP contribution is -1.90. The van der Waals surface area contributed by atoms with Gasteiger partial charge in [-0.3, -0.25) is 4.98 Å². The smallest absolute Gasteiger partial charge is 0.178 e. The molecule has 0 bridgehead atoms. The van der Waals surface area contributed by atoms with E-state index in [1.54, 1.807) is 30.6 Å². The van der Waals surface area contributed by atoms with Crippen molar-refractivity contribution in [3.05, 3.63) is 42.7 Å². The maximum absolute atomic E-state index is 9.59. The predicted molar refractivity (Wildman–Crippen MR) is 71.0 cm³/mol. The third-order valence-corrected chi connectivity index (χ3v) is 2.81. The van der Waals surface area contributed by atoms with Gasteiger partial charge in [0.15, 0.2) is 17.1 Å². The monoisotopic (exact) mass is 253 g/mol. The zero-order chi connectivity index (χ0) is 13.2. The van der Waals surface area contributed by atoms with Crippen LogP contribution in [-0.2, 0) is 0 Å². The van der Waals surface area contributed by atoms with E-state index in [2.05, 4.69) is 15.0 Å². The van der Waals surface area contributed by atoms with Gasteiger partial charge >= 0.3 is 0 Å². The van der Waals surface area contributed by atoms with E-state index >= 15 is 0 Å². The van der Waals surface area contributed by atoms with Crippen molar-refractivity contribution in [2.45, 2.75) is 0 Å². The Morgan fingerprint density at radius 1 is 1.05 bits per heavy atom. The molecule has 5 heteroatoms. The van der Waals surface area contributed by atoms with Crippen LogP contribution >= 0.6 is 0 Å². The van der Waals surface area contributed by atoms with Gasteiger partial charge in [0.2, 0.25) is 0 Å². The van der Waals surface area contributed by atoms with Crippen molar-refractivity contribution in [1.82, 2.24) is 15.0 Å². The van der Waals surface area contributed by atoms with Gasteiger partial charge in [-0.2, -0.15) is 0 Å². The lowest BCUT2D eigenvalue weighted by atomic mass is 10.1. The minimum Gasteiger partial charge on any atom is -0.504 e. The Labute approximate surface area is 109 Å². The van der Waals surface area contributed by atoms with Crippen molar-refractivity contribution in [1.29, 1.82) is 0 Å². The highest BCUT2D eigenvalue weighted by Crippen LogP contribution is 2.30. The number of ether oxygens (including phenoxy) is 1. The summed E-state index contributed by atoms with van der Waals surface area (Å²) in [5, 5.41) is 9.59. The minimum atomic E-state index is 0.104. The summed E-state index contributed by atoms with van der Waals surface area (Å²) in [5.74, 6) is 0.519. The largest absolute Gasteiger partial charge is 0.504 e. The van der Waals surface area contributed by atoms with Crippen LogP contribution in [0.5, 0.6) is 11.5 Å². The Morgan fingerprint density at radius 3 is 2.74 bits per heavy atom. The highest BCUT2D eigenvalue weighted by molar-refractivity contribution is 5.75. The number of rotatable bonds is 2. The quantitative estimate of drug-likeness (QED) is 0.759. The summed E-state index contributed by atoms with van der Waals surface area (Å²) in [4.78, 5) is 12.8. The molecular weight excluding hydrogens is 242 g/mol. The van der Waals surface area contributed by atoms with Crippen LogP contribution in [0.3, 0.4) is 0 Å². The second-order valence-corrected chi connectivity index (χ2v) is 3.98. The van der Waals surface area contributed by atoms with E-state index in [1.165, 1.54) is 7.11 Å². The molecule has 94 valence electrons. The van der Waals surface area contributed by atoms with Crippen molar-refractivity contribution in [3.63, 3.8) is 0 Å². The molecule has 2 heterocycles. The summed E-state index contributed by atoms with van der Waals surface area (Å²) in [5.41, 5.74) is 2.94. The number of fused-ring (bicyclic) bond motifs is 1. The fourth-order valence-electron chi connectivity index (χ4n) is 1.85. The number of phenolic OH excluding ortho intramolecular Hbond substituents is 1. The summed E-state index contributed by atoms with van der Waals surface area (Å²) in [7, 11) is 1.51. The number of hydrogen-bond acceptors (Lipinski definition) is 5. The Morgan fingerprint density at radius 2 is 1.89 bits per heavy atom. The fourth-order valence-corrected chi connectivity index (χ4v) is 1.85. The third-order valence-electron chi connectivity index (χ3n) is 2.81. The summed E-state index contributed by atoms with van der Waals surface area (Å²) in [6.45, 7) is 0. The maximum Gasteiger partial charge on any atom is 0.178 e. The predicted octanol–water partition coefficient (Wildman–Crippen LogP) is 2.41. The lowest BCUT2D eigenvalue weighted by Gasteiger charge is -2.06. The molecule has 0 fully saturated rings. The summed E-state index contributed by atoms with van der Waals surface area (Å²) >= 11 is 0. The van der Waals surface area contributed by atoms with Gasteiger partial charge in [0.05, 0.1) is 12.8 Å². The van der Waals surface area contributed by atoms with Crippen molar-refractivity contribution in [2.24, 2.45) is 0 Å². The minimum absolute atomic E-state index is 0.104. The van der Waals surface area contributed by atoms with Gasteiger partial charge < -0.3 is 9.84 Å². The molecule has 0 radical (unpaired) electrons. The average molecular weight is 253 g/mol. The highest BCUT2D eigenvalue weighted by Gasteiger charge is 2.07. The molecule has 3 rings (SSSR count). The lowest BCUT2D eigenvalue weighted by molar-refractivity contribution is 0.373. The van der Waals surface area contributed by atoms with Crippen LogP contribution < -0.4 is 4.74 Å².